The van der Waals surface area contributed by atoms with Crippen LogP contribution >= 0.6 is 0 Å². The van der Waals surface area contributed by atoms with E-state index in [1.807, 2.05) is 0 Å². The van der Waals surface area contributed by atoms with Gasteiger partial charge in [-0.2, -0.15) is 0 Å². The summed E-state index contributed by atoms with van der Waals surface area (Å²) in [6.45, 7) is -0.613. The number of imide groups is 1. The number of urea groups is 1. The third kappa shape index (κ3) is 4.49. The Morgan fingerprint density at radius 1 is 1.04 bits per heavy atom. The lowest BCUT2D eigenvalue weighted by atomic mass is 9.98. The zero-order chi connectivity index (χ0) is 17.7. The Morgan fingerprint density at radius 3 is 2.33 bits per heavy atom. The fourth-order valence-electron chi connectivity index (χ4n) is 2.34. The predicted octanol–water partition coefficient (Wildman–Crippen LogP) is -2.15. The number of carbonyl (C=O) groups excluding carboxylic acids is 2. The second kappa shape index (κ2) is 8.18. The number of rotatable bonds is 4. The van der Waals surface area contributed by atoms with Crippen molar-refractivity contribution < 1.29 is 34.8 Å². The first-order valence-electron chi connectivity index (χ1n) is 7.37. The summed E-state index contributed by atoms with van der Waals surface area (Å²) >= 11 is 0. The number of aliphatic hydroxyl groups excluding tert-OH is 4. The van der Waals surface area contributed by atoms with Crippen LogP contribution in [0.25, 0.3) is 0 Å². The van der Waals surface area contributed by atoms with Crippen LogP contribution < -0.4 is 10.6 Å². The van der Waals surface area contributed by atoms with E-state index in [9.17, 15) is 24.9 Å². The van der Waals surface area contributed by atoms with E-state index in [1.165, 1.54) is 0 Å². The Bertz CT molecular complexity index is 566. The summed E-state index contributed by atoms with van der Waals surface area (Å²) in [5.74, 6) is -0.566. The Hall–Kier alpha value is -2.04. The van der Waals surface area contributed by atoms with Crippen molar-refractivity contribution in [1.29, 1.82) is 0 Å². The number of aliphatic hydroxyl groups is 4. The van der Waals surface area contributed by atoms with Crippen molar-refractivity contribution in [3.05, 3.63) is 35.9 Å². The molecule has 1 aliphatic rings. The molecule has 1 aromatic rings. The molecule has 0 bridgehead atoms. The van der Waals surface area contributed by atoms with E-state index >= 15 is 0 Å². The van der Waals surface area contributed by atoms with Gasteiger partial charge < -0.3 is 30.5 Å². The molecular formula is C15H20N2O7. The van der Waals surface area contributed by atoms with Gasteiger partial charge in [0.1, 0.15) is 24.4 Å². The van der Waals surface area contributed by atoms with Gasteiger partial charge in [0.15, 0.2) is 6.23 Å². The molecule has 1 fully saturated rings. The average Bonchev–Trinajstić information content (AvgIpc) is 2.56. The highest BCUT2D eigenvalue weighted by molar-refractivity contribution is 5.95. The molecule has 3 amide bonds. The van der Waals surface area contributed by atoms with E-state index in [2.05, 4.69) is 10.6 Å². The lowest BCUT2D eigenvalue weighted by molar-refractivity contribution is -0.233. The third-order valence-electron chi connectivity index (χ3n) is 3.63. The van der Waals surface area contributed by atoms with Crippen LogP contribution in [0.15, 0.2) is 30.3 Å². The van der Waals surface area contributed by atoms with Gasteiger partial charge in [0.25, 0.3) is 0 Å². The van der Waals surface area contributed by atoms with Gasteiger partial charge in [-0.15, -0.1) is 0 Å². The van der Waals surface area contributed by atoms with Gasteiger partial charge in [0.05, 0.1) is 13.0 Å². The van der Waals surface area contributed by atoms with Crippen molar-refractivity contribution in [2.24, 2.45) is 0 Å². The molecule has 1 aliphatic heterocycles. The Morgan fingerprint density at radius 2 is 1.71 bits per heavy atom. The van der Waals surface area contributed by atoms with Gasteiger partial charge in [-0.25, -0.2) is 4.79 Å². The molecule has 9 nitrogen and oxygen atoms in total. The normalized spacial score (nSPS) is 29.8. The van der Waals surface area contributed by atoms with Gasteiger partial charge >= 0.3 is 6.03 Å². The van der Waals surface area contributed by atoms with E-state index in [1.54, 1.807) is 30.3 Å². The Balaban J connectivity index is 1.88. The summed E-state index contributed by atoms with van der Waals surface area (Å²) in [5, 5.41) is 42.4. The van der Waals surface area contributed by atoms with Crippen molar-refractivity contribution in [3.63, 3.8) is 0 Å². The van der Waals surface area contributed by atoms with Crippen LogP contribution in [0.2, 0.25) is 0 Å². The molecule has 1 heterocycles. The van der Waals surface area contributed by atoms with Crippen molar-refractivity contribution in [3.8, 4) is 0 Å². The second-order valence-electron chi connectivity index (χ2n) is 5.43. The third-order valence-corrected chi connectivity index (χ3v) is 3.63. The molecule has 0 spiro atoms. The van der Waals surface area contributed by atoms with Crippen LogP contribution in [-0.2, 0) is 16.0 Å². The highest BCUT2D eigenvalue weighted by Gasteiger charge is 2.44. The first kappa shape index (κ1) is 18.3. The standard InChI is InChI=1S/C15H20N2O7/c18-7-9-11(20)12(21)13(22)14(24-9)17-15(23)16-10(19)6-8-4-2-1-3-5-8/h1-5,9,11-14,18,20-22H,6-7H2,(H2,16,17,19,23)/t9-,11-,12+,13-,14-/m1/s1. The van der Waals surface area contributed by atoms with Crippen molar-refractivity contribution in [1.82, 2.24) is 10.6 Å². The molecule has 5 atom stereocenters. The minimum atomic E-state index is -1.61. The monoisotopic (exact) mass is 340 g/mol. The summed E-state index contributed by atoms with van der Waals surface area (Å²) in [4.78, 5) is 23.6. The quantitative estimate of drug-likeness (QED) is 0.366. The molecule has 0 aliphatic carbocycles. The van der Waals surface area contributed by atoms with Crippen LogP contribution in [0, 0.1) is 0 Å². The fourth-order valence-corrected chi connectivity index (χ4v) is 2.34. The molecular weight excluding hydrogens is 320 g/mol. The zero-order valence-electron chi connectivity index (χ0n) is 12.7. The van der Waals surface area contributed by atoms with E-state index in [-0.39, 0.29) is 6.42 Å². The minimum Gasteiger partial charge on any atom is -0.394 e. The molecule has 6 N–H and O–H groups in total. The topological polar surface area (TPSA) is 148 Å². The highest BCUT2D eigenvalue weighted by Crippen LogP contribution is 2.19. The van der Waals surface area contributed by atoms with Crippen LogP contribution in [0.4, 0.5) is 4.79 Å². The molecule has 0 saturated carbocycles. The average molecular weight is 340 g/mol. The fraction of sp³-hybridized carbons (Fsp3) is 0.467. The SMILES string of the molecule is O=C(Cc1ccccc1)NC(=O)N[C@@H]1O[C@H](CO)[C@@H](O)[C@H](O)[C@H]1O. The summed E-state index contributed by atoms with van der Waals surface area (Å²) in [6.07, 6.45) is -7.29. The van der Waals surface area contributed by atoms with E-state index in [4.69, 9.17) is 9.84 Å². The predicted molar refractivity (Wildman–Crippen MR) is 80.6 cm³/mol. The van der Waals surface area contributed by atoms with E-state index in [0.29, 0.717) is 0 Å². The van der Waals surface area contributed by atoms with Crippen molar-refractivity contribution in [2.45, 2.75) is 37.1 Å². The maximum Gasteiger partial charge on any atom is 0.323 e. The highest BCUT2D eigenvalue weighted by atomic mass is 16.6. The number of hydrogen-bond acceptors (Lipinski definition) is 7. The zero-order valence-corrected chi connectivity index (χ0v) is 12.7. The summed E-state index contributed by atoms with van der Waals surface area (Å²) in [7, 11) is 0. The van der Waals surface area contributed by atoms with Crippen LogP contribution in [0.1, 0.15) is 5.56 Å². The number of ether oxygens (including phenoxy) is 1. The van der Waals surface area contributed by atoms with Gasteiger partial charge in [-0.3, -0.25) is 10.1 Å². The lowest BCUT2D eigenvalue weighted by Crippen LogP contribution is -2.64. The van der Waals surface area contributed by atoms with Gasteiger partial charge in [-0.05, 0) is 5.56 Å². The summed E-state index contributed by atoms with van der Waals surface area (Å²) < 4.78 is 5.11. The number of benzene rings is 1. The smallest absolute Gasteiger partial charge is 0.323 e. The van der Waals surface area contributed by atoms with Crippen LogP contribution in [0.5, 0.6) is 0 Å². The summed E-state index contributed by atoms with van der Waals surface area (Å²) in [6, 6.07) is 7.85. The minimum absolute atomic E-state index is 0.0110. The Kier molecular flexibility index (Phi) is 6.23. The van der Waals surface area contributed by atoms with Gasteiger partial charge in [-0.1, -0.05) is 30.3 Å². The molecule has 1 aromatic carbocycles. The summed E-state index contributed by atoms with van der Waals surface area (Å²) in [5.41, 5.74) is 0.718. The van der Waals surface area contributed by atoms with E-state index < -0.39 is 49.2 Å². The van der Waals surface area contributed by atoms with Gasteiger partial charge in [0.2, 0.25) is 5.91 Å². The first-order chi connectivity index (χ1) is 11.4. The molecule has 0 radical (unpaired) electrons. The number of nitrogens with one attached hydrogen (secondary N) is 2. The number of amides is 3. The van der Waals surface area contributed by atoms with Crippen LogP contribution in [-0.4, -0.2) is 69.6 Å². The van der Waals surface area contributed by atoms with Crippen LogP contribution in [0.3, 0.4) is 0 Å². The Labute approximate surface area is 137 Å². The maximum absolute atomic E-state index is 11.8. The molecule has 24 heavy (non-hydrogen) atoms. The molecule has 1 saturated heterocycles. The van der Waals surface area contributed by atoms with Crippen molar-refractivity contribution >= 4 is 11.9 Å². The van der Waals surface area contributed by atoms with Gasteiger partial charge in [0, 0.05) is 0 Å². The largest absolute Gasteiger partial charge is 0.394 e. The molecule has 9 heteroatoms. The second-order valence-corrected chi connectivity index (χ2v) is 5.43. The molecule has 0 unspecified atom stereocenters. The molecule has 132 valence electrons. The lowest BCUT2D eigenvalue weighted by Gasteiger charge is -2.39. The first-order valence-corrected chi connectivity index (χ1v) is 7.37. The molecule has 2 rings (SSSR count). The number of carbonyl (C=O) groups is 2. The molecule has 0 aromatic heterocycles. The maximum atomic E-state index is 11.8. The van der Waals surface area contributed by atoms with E-state index in [0.717, 1.165) is 5.56 Å². The van der Waals surface area contributed by atoms with Crippen molar-refractivity contribution in [2.75, 3.05) is 6.61 Å². The number of hydrogen-bond donors (Lipinski definition) is 6.